The van der Waals surface area contributed by atoms with Gasteiger partial charge in [0.2, 0.25) is 5.95 Å². The monoisotopic (exact) mass is 545 g/mol. The van der Waals surface area contributed by atoms with Crippen molar-refractivity contribution >= 4 is 33.9 Å². The van der Waals surface area contributed by atoms with Gasteiger partial charge in [0.15, 0.2) is 0 Å². The number of nitrogens with zero attached hydrogens (tertiary/aromatic N) is 6. The molecule has 1 aliphatic heterocycles. The number of aromatic nitrogens is 3. The third-order valence-corrected chi connectivity index (χ3v) is 7.44. The van der Waals surface area contributed by atoms with Crippen LogP contribution in [0.25, 0.3) is 22.2 Å². The lowest BCUT2D eigenvalue weighted by molar-refractivity contribution is -0.384. The SMILES string of the molecule is CCN(C)CCN(CC)c1cc(OC)c(Nc2nccc(-c3c4n(c5ccccc35)CCOC4)n2)cc1[N+](=O)[O-]. The number of fused-ring (bicyclic) bond motifs is 3. The van der Waals surface area contributed by atoms with Crippen LogP contribution in [-0.4, -0.2) is 71.3 Å². The highest BCUT2D eigenvalue weighted by atomic mass is 16.6. The number of nitrogens with one attached hydrogen (secondary N) is 1. The molecule has 0 fully saturated rings. The molecule has 0 saturated heterocycles. The van der Waals surface area contributed by atoms with Crippen LogP contribution >= 0.6 is 0 Å². The third-order valence-electron chi connectivity index (χ3n) is 7.44. The topological polar surface area (TPSA) is 111 Å². The molecular weight excluding hydrogens is 510 g/mol. The van der Waals surface area contributed by atoms with Crippen LogP contribution in [0.5, 0.6) is 5.75 Å². The maximum Gasteiger partial charge on any atom is 0.294 e. The number of likely N-dealkylation sites (N-methyl/N-ethyl adjacent to an activating group) is 2. The molecule has 1 N–H and O–H groups in total. The Labute approximate surface area is 233 Å². The van der Waals surface area contributed by atoms with Crippen LogP contribution < -0.4 is 15.0 Å². The van der Waals surface area contributed by atoms with Crippen LogP contribution in [0, 0.1) is 10.1 Å². The molecule has 0 atom stereocenters. The Balaban J connectivity index is 1.51. The van der Waals surface area contributed by atoms with Crippen LogP contribution in [0.3, 0.4) is 0 Å². The van der Waals surface area contributed by atoms with Gasteiger partial charge in [0.1, 0.15) is 11.4 Å². The number of hydrogen-bond donors (Lipinski definition) is 1. The third kappa shape index (κ3) is 5.30. The number of ether oxygens (including phenoxy) is 2. The van der Waals surface area contributed by atoms with Gasteiger partial charge in [0, 0.05) is 61.0 Å². The van der Waals surface area contributed by atoms with Crippen molar-refractivity contribution in [1.82, 2.24) is 19.4 Å². The van der Waals surface area contributed by atoms with Gasteiger partial charge in [-0.1, -0.05) is 25.1 Å². The highest BCUT2D eigenvalue weighted by Gasteiger charge is 2.25. The standard InChI is InChI=1S/C29H35N7O4/c1-5-33(3)13-14-34(6-2)24-18-27(39-4)22(17-25(24)36(37)38)32-29-30-12-11-21(31-29)28-20-9-7-8-10-23(20)35-15-16-40-19-26(28)35/h7-12,17-18H,5-6,13-16,19H2,1-4H3,(H,30,31,32). The number of nitro benzene ring substituents is 1. The fourth-order valence-electron chi connectivity index (χ4n) is 5.17. The second kappa shape index (κ2) is 11.9. The Kier molecular flexibility index (Phi) is 8.13. The molecule has 0 aliphatic carbocycles. The summed E-state index contributed by atoms with van der Waals surface area (Å²) >= 11 is 0. The summed E-state index contributed by atoms with van der Waals surface area (Å²) < 4.78 is 13.7. The minimum atomic E-state index is -0.358. The van der Waals surface area contributed by atoms with E-state index in [4.69, 9.17) is 14.5 Å². The summed E-state index contributed by atoms with van der Waals surface area (Å²) in [5, 5.41) is 16.4. The molecule has 1 aliphatic rings. The summed E-state index contributed by atoms with van der Waals surface area (Å²) in [6, 6.07) is 13.3. The van der Waals surface area contributed by atoms with E-state index in [1.807, 2.05) is 37.1 Å². The van der Waals surface area contributed by atoms with E-state index in [0.29, 0.717) is 49.4 Å². The number of para-hydroxylation sites is 1. The zero-order chi connectivity index (χ0) is 28.2. The lowest BCUT2D eigenvalue weighted by atomic mass is 10.1. The summed E-state index contributed by atoms with van der Waals surface area (Å²) in [7, 11) is 3.58. The van der Waals surface area contributed by atoms with Crippen LogP contribution in [0.1, 0.15) is 19.5 Å². The van der Waals surface area contributed by atoms with E-state index in [2.05, 4.69) is 38.8 Å². The van der Waals surface area contributed by atoms with Crippen LogP contribution in [0.2, 0.25) is 0 Å². The Morgan fingerprint density at radius 2 is 2.00 bits per heavy atom. The summed E-state index contributed by atoms with van der Waals surface area (Å²) in [5.74, 6) is 0.785. The van der Waals surface area contributed by atoms with Crippen LogP contribution in [0.15, 0.2) is 48.7 Å². The second-order valence-electron chi connectivity index (χ2n) is 9.71. The van der Waals surface area contributed by atoms with Gasteiger partial charge in [0.25, 0.3) is 5.69 Å². The minimum Gasteiger partial charge on any atom is -0.494 e. The van der Waals surface area contributed by atoms with Crippen molar-refractivity contribution in [3.8, 4) is 17.0 Å². The summed E-state index contributed by atoms with van der Waals surface area (Å²) in [4.78, 5) is 25.2. The van der Waals surface area contributed by atoms with E-state index in [9.17, 15) is 10.1 Å². The molecule has 11 nitrogen and oxygen atoms in total. The molecule has 40 heavy (non-hydrogen) atoms. The molecule has 0 unspecified atom stereocenters. The first-order valence-electron chi connectivity index (χ1n) is 13.5. The molecule has 0 amide bonds. The van der Waals surface area contributed by atoms with Gasteiger partial charge in [-0.3, -0.25) is 10.1 Å². The number of rotatable bonds is 11. The highest BCUT2D eigenvalue weighted by Crippen LogP contribution is 2.40. The first-order valence-corrected chi connectivity index (χ1v) is 13.5. The normalized spacial score (nSPS) is 12.9. The van der Waals surface area contributed by atoms with E-state index in [0.717, 1.165) is 47.5 Å². The second-order valence-corrected chi connectivity index (χ2v) is 9.71. The first kappa shape index (κ1) is 27.4. The average Bonchev–Trinajstić information content (AvgIpc) is 3.32. The van der Waals surface area contributed by atoms with Crippen molar-refractivity contribution in [2.75, 3.05) is 57.2 Å². The molecule has 210 valence electrons. The lowest BCUT2D eigenvalue weighted by Gasteiger charge is -2.26. The first-order chi connectivity index (χ1) is 19.4. The average molecular weight is 546 g/mol. The van der Waals surface area contributed by atoms with E-state index in [-0.39, 0.29) is 10.6 Å². The van der Waals surface area contributed by atoms with E-state index in [1.165, 1.54) is 6.07 Å². The largest absolute Gasteiger partial charge is 0.494 e. The zero-order valence-electron chi connectivity index (χ0n) is 23.4. The molecule has 0 bridgehead atoms. The predicted octanol–water partition coefficient (Wildman–Crippen LogP) is 5.07. The minimum absolute atomic E-state index is 0.00916. The van der Waals surface area contributed by atoms with Gasteiger partial charge >= 0.3 is 0 Å². The van der Waals surface area contributed by atoms with Gasteiger partial charge < -0.3 is 29.2 Å². The predicted molar refractivity (Wildman–Crippen MR) is 157 cm³/mol. The molecular formula is C29H35N7O4. The van der Waals surface area contributed by atoms with Crippen molar-refractivity contribution in [2.45, 2.75) is 27.0 Å². The van der Waals surface area contributed by atoms with Crippen molar-refractivity contribution in [2.24, 2.45) is 0 Å². The number of anilines is 3. The quantitative estimate of drug-likeness (QED) is 0.204. The highest BCUT2D eigenvalue weighted by molar-refractivity contribution is 5.97. The smallest absolute Gasteiger partial charge is 0.294 e. The molecule has 0 saturated carbocycles. The molecule has 0 spiro atoms. The molecule has 5 rings (SSSR count). The number of hydrogen-bond acceptors (Lipinski definition) is 9. The molecule has 2 aromatic carbocycles. The maximum atomic E-state index is 12.2. The molecule has 11 heteroatoms. The fourth-order valence-corrected chi connectivity index (χ4v) is 5.17. The van der Waals surface area contributed by atoms with Crippen molar-refractivity contribution in [3.63, 3.8) is 0 Å². The molecule has 2 aromatic heterocycles. The molecule has 3 heterocycles. The van der Waals surface area contributed by atoms with E-state index < -0.39 is 0 Å². The summed E-state index contributed by atoms with van der Waals surface area (Å²) in [6.45, 7) is 8.99. The number of methoxy groups -OCH3 is 1. The van der Waals surface area contributed by atoms with Gasteiger partial charge in [-0.05, 0) is 32.6 Å². The van der Waals surface area contributed by atoms with Crippen molar-refractivity contribution in [3.05, 3.63) is 64.5 Å². The van der Waals surface area contributed by atoms with E-state index >= 15 is 0 Å². The summed E-state index contributed by atoms with van der Waals surface area (Å²) in [5.41, 5.74) is 4.89. The van der Waals surface area contributed by atoms with Crippen molar-refractivity contribution < 1.29 is 14.4 Å². The fraction of sp³-hybridized carbons (Fsp3) is 0.379. The van der Waals surface area contributed by atoms with Gasteiger partial charge in [0.05, 0.1) is 42.3 Å². The number of nitro groups is 1. The Morgan fingerprint density at radius 3 is 2.75 bits per heavy atom. The molecule has 4 aromatic rings. The van der Waals surface area contributed by atoms with Crippen LogP contribution in [-0.2, 0) is 17.9 Å². The lowest BCUT2D eigenvalue weighted by Crippen LogP contribution is -2.33. The Morgan fingerprint density at radius 1 is 1.18 bits per heavy atom. The Hall–Kier alpha value is -4.22. The Bertz CT molecular complexity index is 1520. The van der Waals surface area contributed by atoms with E-state index in [1.54, 1.807) is 19.4 Å². The number of benzene rings is 2. The maximum absolute atomic E-state index is 12.2. The van der Waals surface area contributed by atoms with Crippen LogP contribution in [0.4, 0.5) is 23.0 Å². The molecule has 0 radical (unpaired) electrons. The van der Waals surface area contributed by atoms with Gasteiger partial charge in [-0.25, -0.2) is 9.97 Å². The van der Waals surface area contributed by atoms with Gasteiger partial charge in [-0.2, -0.15) is 0 Å². The van der Waals surface area contributed by atoms with Gasteiger partial charge in [-0.15, -0.1) is 0 Å². The zero-order valence-corrected chi connectivity index (χ0v) is 23.4. The summed E-state index contributed by atoms with van der Waals surface area (Å²) in [6.07, 6.45) is 1.69. The van der Waals surface area contributed by atoms with Crippen molar-refractivity contribution in [1.29, 1.82) is 0 Å².